The fourth-order valence-corrected chi connectivity index (χ4v) is 11.3. The fraction of sp³-hybridized carbons (Fsp3) is 0.975. The van der Waals surface area contributed by atoms with Crippen LogP contribution in [0.3, 0.4) is 0 Å². The third-order valence-corrected chi connectivity index (χ3v) is 14.4. The molecule has 294 valence electrons. The Labute approximate surface area is 305 Å². The summed E-state index contributed by atoms with van der Waals surface area (Å²) in [6.07, 6.45) is 5.85. The predicted molar refractivity (Wildman–Crippen MR) is 189 cm³/mol. The number of aliphatic hydroxyl groups is 2. The highest BCUT2D eigenvalue weighted by atomic mass is 16.7. The number of aliphatic hydroxyl groups excluding tert-OH is 1. The van der Waals surface area contributed by atoms with Gasteiger partial charge in [-0.15, -0.1) is 0 Å². The van der Waals surface area contributed by atoms with Crippen LogP contribution in [0.25, 0.3) is 0 Å². The smallest absolute Gasteiger partial charge is 0.308 e. The lowest BCUT2D eigenvalue weighted by Gasteiger charge is -2.50. The van der Waals surface area contributed by atoms with Gasteiger partial charge in [-0.3, -0.25) is 4.79 Å². The molecule has 0 aliphatic carbocycles. The van der Waals surface area contributed by atoms with Gasteiger partial charge in [0.15, 0.2) is 11.6 Å². The molecule has 3 N–H and O–H groups in total. The Kier molecular flexibility index (Phi) is 11.4. The van der Waals surface area contributed by atoms with E-state index < -0.39 is 41.3 Å². The fourth-order valence-electron chi connectivity index (χ4n) is 11.3. The van der Waals surface area contributed by atoms with Crippen LogP contribution in [0.4, 0.5) is 0 Å². The van der Waals surface area contributed by atoms with E-state index in [1.807, 2.05) is 6.92 Å². The van der Waals surface area contributed by atoms with Crippen LogP contribution in [0.15, 0.2) is 0 Å². The summed E-state index contributed by atoms with van der Waals surface area (Å²) in [5.74, 6) is -3.26. The molecule has 11 heteroatoms. The first kappa shape index (κ1) is 39.8. The molecule has 11 nitrogen and oxygen atoms in total. The first-order valence-corrected chi connectivity index (χ1v) is 20.0. The minimum Gasteiger partial charge on any atom is -0.481 e. The highest BCUT2D eigenvalue weighted by Gasteiger charge is 2.65. The largest absolute Gasteiger partial charge is 0.481 e. The van der Waals surface area contributed by atoms with E-state index in [0.717, 1.165) is 51.4 Å². The van der Waals surface area contributed by atoms with Gasteiger partial charge in [0.05, 0.1) is 72.6 Å². The summed E-state index contributed by atoms with van der Waals surface area (Å²) in [5, 5.41) is 30.7. The van der Waals surface area contributed by atoms with Crippen LogP contribution in [0.1, 0.15) is 120 Å². The zero-order valence-corrected chi connectivity index (χ0v) is 32.8. The molecule has 0 unspecified atom stereocenters. The van der Waals surface area contributed by atoms with Crippen LogP contribution in [0.2, 0.25) is 0 Å². The van der Waals surface area contributed by atoms with Crippen LogP contribution >= 0.6 is 0 Å². The molecule has 6 aliphatic rings. The van der Waals surface area contributed by atoms with Crippen molar-refractivity contribution in [2.45, 2.75) is 192 Å². The normalized spacial score (nSPS) is 54.2. The standard InChI is InChI=1S/C40H68O11/c1-21-11-12-28(46-33(21)26(6)36(42)43)17-29-18-30(45-10)27(7)40(48-29)25(5)19-38(9,51-40)32-13-14-37(8,49-32)35-23(3)16-31(47-35)34-22(2)15-24(4)39(44,20-41)50-34/h21-35,41,44H,11-20H2,1-10H3,(H,42,43)/t21-,22+,23-,24-,25-,26-,27+,28-,29+,30-,31+,32+,33-,34-,35-,37-,38+,39-,40-/m0/s1. The number of hydrogen-bond acceptors (Lipinski definition) is 10. The first-order chi connectivity index (χ1) is 23.9. The topological polar surface area (TPSA) is 142 Å². The van der Waals surface area contributed by atoms with Gasteiger partial charge in [-0.05, 0) is 83.5 Å². The third kappa shape index (κ3) is 7.19. The molecule has 0 aromatic rings. The summed E-state index contributed by atoms with van der Waals surface area (Å²) >= 11 is 0. The van der Waals surface area contributed by atoms with E-state index in [2.05, 4.69) is 48.5 Å². The molecule has 51 heavy (non-hydrogen) atoms. The summed E-state index contributed by atoms with van der Waals surface area (Å²) in [5.41, 5.74) is -1.10. The zero-order valence-electron chi connectivity index (χ0n) is 32.8. The molecule has 6 rings (SSSR count). The maximum Gasteiger partial charge on any atom is 0.308 e. The van der Waals surface area contributed by atoms with Crippen molar-refractivity contribution in [1.82, 2.24) is 0 Å². The van der Waals surface area contributed by atoms with Crippen LogP contribution in [0.5, 0.6) is 0 Å². The maximum atomic E-state index is 11.8. The van der Waals surface area contributed by atoms with Crippen molar-refractivity contribution in [1.29, 1.82) is 0 Å². The average Bonchev–Trinajstić information content (AvgIpc) is 3.75. The van der Waals surface area contributed by atoms with Crippen molar-refractivity contribution >= 4 is 5.97 Å². The van der Waals surface area contributed by atoms with Gasteiger partial charge in [-0.25, -0.2) is 0 Å². The highest BCUT2D eigenvalue weighted by Crippen LogP contribution is 2.57. The number of rotatable bonds is 9. The molecule has 0 aromatic heterocycles. The molecular weight excluding hydrogens is 656 g/mol. The monoisotopic (exact) mass is 724 g/mol. The van der Waals surface area contributed by atoms with E-state index in [0.29, 0.717) is 6.42 Å². The maximum absolute atomic E-state index is 11.8. The van der Waals surface area contributed by atoms with Crippen molar-refractivity contribution in [2.24, 2.45) is 41.4 Å². The number of carboxylic acid groups (broad SMARTS) is 1. The van der Waals surface area contributed by atoms with Gasteiger partial charge in [0.2, 0.25) is 0 Å². The molecular formula is C40H68O11. The molecule has 0 radical (unpaired) electrons. The van der Waals surface area contributed by atoms with Gasteiger partial charge in [0.25, 0.3) is 0 Å². The van der Waals surface area contributed by atoms with Crippen molar-refractivity contribution in [3.8, 4) is 0 Å². The highest BCUT2D eigenvalue weighted by molar-refractivity contribution is 5.70. The Bertz CT molecular complexity index is 1230. The number of hydrogen-bond donors (Lipinski definition) is 3. The van der Waals surface area contributed by atoms with E-state index in [4.69, 9.17) is 33.2 Å². The van der Waals surface area contributed by atoms with Crippen molar-refractivity contribution in [3.63, 3.8) is 0 Å². The number of carboxylic acids is 1. The van der Waals surface area contributed by atoms with E-state index in [1.54, 1.807) is 14.0 Å². The van der Waals surface area contributed by atoms with Crippen molar-refractivity contribution in [3.05, 3.63) is 0 Å². The van der Waals surface area contributed by atoms with Gasteiger partial charge in [0.1, 0.15) is 0 Å². The van der Waals surface area contributed by atoms with Gasteiger partial charge < -0.3 is 48.5 Å². The Balaban J connectivity index is 1.13. The van der Waals surface area contributed by atoms with E-state index in [1.165, 1.54) is 0 Å². The van der Waals surface area contributed by atoms with E-state index >= 15 is 0 Å². The minimum absolute atomic E-state index is 0.00727. The summed E-state index contributed by atoms with van der Waals surface area (Å²) in [6.45, 7) is 18.4. The second-order valence-corrected chi connectivity index (χ2v) is 18.4. The summed E-state index contributed by atoms with van der Waals surface area (Å²) < 4.78 is 47.0. The Morgan fingerprint density at radius 1 is 0.863 bits per heavy atom. The molecule has 1 spiro atoms. The quantitative estimate of drug-likeness (QED) is 0.269. The van der Waals surface area contributed by atoms with E-state index in [-0.39, 0.29) is 84.3 Å². The molecule has 0 saturated carbocycles. The Hall–Kier alpha value is -0.890. The summed E-state index contributed by atoms with van der Waals surface area (Å²) in [7, 11) is 1.77. The molecule has 6 aliphatic heterocycles. The molecule has 0 aromatic carbocycles. The lowest BCUT2D eigenvalue weighted by molar-refractivity contribution is -0.353. The van der Waals surface area contributed by atoms with Crippen LogP contribution < -0.4 is 0 Å². The van der Waals surface area contributed by atoms with E-state index in [9.17, 15) is 20.1 Å². The van der Waals surface area contributed by atoms with Gasteiger partial charge in [-0.2, -0.15) is 0 Å². The second-order valence-electron chi connectivity index (χ2n) is 18.4. The summed E-state index contributed by atoms with van der Waals surface area (Å²) in [4.78, 5) is 11.8. The molecule has 0 amide bonds. The minimum atomic E-state index is -1.55. The number of carbonyl (C=O) groups is 1. The number of ether oxygens (including phenoxy) is 7. The van der Waals surface area contributed by atoms with Crippen molar-refractivity contribution in [2.75, 3.05) is 13.7 Å². The van der Waals surface area contributed by atoms with Crippen LogP contribution in [-0.2, 0) is 38.0 Å². The zero-order chi connectivity index (χ0) is 37.3. The van der Waals surface area contributed by atoms with Crippen LogP contribution in [-0.4, -0.2) is 107 Å². The van der Waals surface area contributed by atoms with Gasteiger partial charge >= 0.3 is 5.97 Å². The molecule has 19 atom stereocenters. The molecule has 0 bridgehead atoms. The summed E-state index contributed by atoms with van der Waals surface area (Å²) in [6, 6.07) is 0. The van der Waals surface area contributed by atoms with Gasteiger partial charge in [-0.1, -0.05) is 41.5 Å². The number of methoxy groups -OCH3 is 1. The number of aliphatic carboxylic acids is 1. The predicted octanol–water partition coefficient (Wildman–Crippen LogP) is 5.71. The molecule has 6 heterocycles. The Morgan fingerprint density at radius 3 is 2.25 bits per heavy atom. The molecule has 6 fully saturated rings. The molecule has 6 saturated heterocycles. The lowest BCUT2D eigenvalue weighted by Crippen LogP contribution is -2.58. The van der Waals surface area contributed by atoms with Gasteiger partial charge in [0, 0.05) is 37.7 Å². The van der Waals surface area contributed by atoms with Crippen LogP contribution in [0, 0.1) is 41.4 Å². The SMILES string of the molecule is CO[C@H]1C[C@@H](C[C@@H]2CC[C@H](C)[C@@H]([C@H](C)C(=O)O)O2)O[C@@]2(O[C@@](C)([C@H]3CC[C@@](C)([C@H]4O[C@@H]([C@H]5O[C@@](O)(CO)[C@@H](C)C[C@H]5C)C[C@@H]4C)O3)C[C@@H]2C)[C@@H]1C. The lowest BCUT2D eigenvalue weighted by atomic mass is 9.78. The Morgan fingerprint density at radius 2 is 1.59 bits per heavy atom. The second kappa shape index (κ2) is 14.6. The average molecular weight is 725 g/mol. The first-order valence-electron chi connectivity index (χ1n) is 20.0. The third-order valence-electron chi connectivity index (χ3n) is 14.4. The van der Waals surface area contributed by atoms with Crippen molar-refractivity contribution < 1.29 is 53.3 Å².